The zero-order valence-electron chi connectivity index (χ0n) is 17.2. The van der Waals surface area contributed by atoms with Crippen molar-refractivity contribution in [2.24, 2.45) is 5.92 Å². The van der Waals surface area contributed by atoms with Crippen LogP contribution in [0, 0.1) is 5.92 Å². The highest BCUT2D eigenvalue weighted by Crippen LogP contribution is 2.23. The number of ether oxygens (including phenoxy) is 2. The van der Waals surface area contributed by atoms with Crippen molar-refractivity contribution < 1.29 is 23.5 Å². The van der Waals surface area contributed by atoms with Crippen LogP contribution in [-0.2, 0) is 14.3 Å². The molecule has 1 saturated heterocycles. The summed E-state index contributed by atoms with van der Waals surface area (Å²) in [6, 6.07) is 14.3. The number of methoxy groups -OCH3 is 1. The second-order valence-electron chi connectivity index (χ2n) is 7.47. The van der Waals surface area contributed by atoms with Crippen molar-refractivity contribution in [2.75, 3.05) is 26.8 Å². The van der Waals surface area contributed by atoms with Crippen LogP contribution >= 0.6 is 0 Å². The minimum Gasteiger partial charge on any atom is -0.484 e. The lowest BCUT2D eigenvalue weighted by atomic mass is 9.97. The number of rotatable bonds is 5. The van der Waals surface area contributed by atoms with Crippen molar-refractivity contribution in [3.63, 3.8) is 0 Å². The monoisotopic (exact) mass is 421 g/mol. The number of fused-ring (bicyclic) bond motifs is 1. The fraction of sp³-hybridized carbons (Fsp3) is 0.292. The normalized spacial score (nSPS) is 14.4. The van der Waals surface area contributed by atoms with Crippen molar-refractivity contribution in [1.82, 2.24) is 4.90 Å². The van der Waals surface area contributed by atoms with E-state index in [1.54, 1.807) is 23.1 Å². The summed E-state index contributed by atoms with van der Waals surface area (Å²) in [5.41, 5.74) is 1.56. The molecule has 2 heterocycles. The van der Waals surface area contributed by atoms with E-state index in [4.69, 9.17) is 13.9 Å². The van der Waals surface area contributed by atoms with Gasteiger partial charge in [-0.05, 0) is 30.5 Å². The van der Waals surface area contributed by atoms with E-state index in [1.807, 2.05) is 30.3 Å². The Balaban J connectivity index is 1.41. The first-order valence-electron chi connectivity index (χ1n) is 10.2. The summed E-state index contributed by atoms with van der Waals surface area (Å²) in [6.07, 6.45) is 2.62. The maximum atomic E-state index is 12.8. The molecule has 0 atom stereocenters. The first-order valence-corrected chi connectivity index (χ1v) is 10.2. The van der Waals surface area contributed by atoms with Gasteiger partial charge in [0.05, 0.1) is 24.0 Å². The molecule has 0 saturated carbocycles. The number of hydrogen-bond donors (Lipinski definition) is 0. The summed E-state index contributed by atoms with van der Waals surface area (Å²) in [5, 5.41) is 0.449. The smallest absolute Gasteiger partial charge is 0.308 e. The summed E-state index contributed by atoms with van der Waals surface area (Å²) in [4.78, 5) is 38.6. The Kier molecular flexibility index (Phi) is 6.02. The second kappa shape index (κ2) is 9.04. The van der Waals surface area contributed by atoms with E-state index in [9.17, 15) is 14.4 Å². The number of carbonyl (C=O) groups excluding carboxylic acids is 2. The average Bonchev–Trinajstić information content (AvgIpc) is 2.83. The van der Waals surface area contributed by atoms with Crippen LogP contribution in [0.2, 0.25) is 0 Å². The molecule has 0 radical (unpaired) electrons. The Labute approximate surface area is 179 Å². The van der Waals surface area contributed by atoms with E-state index in [1.165, 1.54) is 13.4 Å². The van der Waals surface area contributed by atoms with Crippen LogP contribution in [0.5, 0.6) is 5.75 Å². The van der Waals surface area contributed by atoms with Gasteiger partial charge in [0.25, 0.3) is 5.91 Å². The second-order valence-corrected chi connectivity index (χ2v) is 7.47. The summed E-state index contributed by atoms with van der Waals surface area (Å²) >= 11 is 0. The van der Waals surface area contributed by atoms with Gasteiger partial charge in [-0.25, -0.2) is 0 Å². The van der Waals surface area contributed by atoms with Crippen molar-refractivity contribution >= 4 is 22.8 Å². The van der Waals surface area contributed by atoms with Gasteiger partial charge in [-0.1, -0.05) is 30.3 Å². The number of carbonyl (C=O) groups is 2. The number of benzene rings is 2. The van der Waals surface area contributed by atoms with Gasteiger partial charge in [0.2, 0.25) is 0 Å². The molecule has 1 aromatic heterocycles. The Hall–Kier alpha value is -3.61. The average molecular weight is 421 g/mol. The fourth-order valence-electron chi connectivity index (χ4n) is 3.78. The van der Waals surface area contributed by atoms with E-state index in [0.717, 1.165) is 5.56 Å². The zero-order chi connectivity index (χ0) is 21.8. The zero-order valence-corrected chi connectivity index (χ0v) is 17.2. The summed E-state index contributed by atoms with van der Waals surface area (Å²) < 4.78 is 16.1. The highest BCUT2D eigenvalue weighted by Gasteiger charge is 2.28. The highest BCUT2D eigenvalue weighted by molar-refractivity contribution is 5.83. The maximum Gasteiger partial charge on any atom is 0.308 e. The van der Waals surface area contributed by atoms with Gasteiger partial charge in [-0.3, -0.25) is 14.4 Å². The standard InChI is InChI=1S/C24H23NO6/c1-29-24(28)17-9-11-25(12-10-17)22(26)15-30-18-7-8-19-21(13-18)31-14-20(23(19)27)16-5-3-2-4-6-16/h2-8,13-14,17H,9-12,15H2,1H3. The number of amides is 1. The predicted octanol–water partition coefficient (Wildman–Crippen LogP) is 3.25. The predicted molar refractivity (Wildman–Crippen MR) is 115 cm³/mol. The fourth-order valence-corrected chi connectivity index (χ4v) is 3.78. The maximum absolute atomic E-state index is 12.8. The van der Waals surface area contributed by atoms with E-state index < -0.39 is 0 Å². The lowest BCUT2D eigenvalue weighted by molar-refractivity contribution is -0.149. The molecular formula is C24H23NO6. The summed E-state index contributed by atoms with van der Waals surface area (Å²) in [6.45, 7) is 0.869. The number of piperidine rings is 1. The van der Waals surface area contributed by atoms with E-state index in [-0.39, 0.29) is 29.8 Å². The molecular weight excluding hydrogens is 398 g/mol. The van der Waals surface area contributed by atoms with Crippen LogP contribution in [-0.4, -0.2) is 43.6 Å². The van der Waals surface area contributed by atoms with Gasteiger partial charge in [0.15, 0.2) is 12.0 Å². The van der Waals surface area contributed by atoms with Crippen LogP contribution in [0.15, 0.2) is 64.0 Å². The minimum absolute atomic E-state index is 0.122. The highest BCUT2D eigenvalue weighted by atomic mass is 16.5. The Morgan fingerprint density at radius 3 is 2.55 bits per heavy atom. The molecule has 4 rings (SSSR count). The third-order valence-corrected chi connectivity index (χ3v) is 5.58. The van der Waals surface area contributed by atoms with Gasteiger partial charge in [0.1, 0.15) is 17.6 Å². The van der Waals surface area contributed by atoms with E-state index >= 15 is 0 Å². The molecule has 0 aliphatic carbocycles. The molecule has 2 aromatic carbocycles. The lowest BCUT2D eigenvalue weighted by Crippen LogP contribution is -2.42. The quantitative estimate of drug-likeness (QED) is 0.588. The molecule has 0 N–H and O–H groups in total. The van der Waals surface area contributed by atoms with Gasteiger partial charge >= 0.3 is 5.97 Å². The molecule has 7 heteroatoms. The van der Waals surface area contributed by atoms with E-state index in [2.05, 4.69) is 0 Å². The van der Waals surface area contributed by atoms with Gasteiger partial charge in [-0.15, -0.1) is 0 Å². The number of likely N-dealkylation sites (tertiary alicyclic amines) is 1. The molecule has 3 aromatic rings. The number of hydrogen-bond acceptors (Lipinski definition) is 6. The van der Waals surface area contributed by atoms with Gasteiger partial charge < -0.3 is 18.8 Å². The summed E-state index contributed by atoms with van der Waals surface area (Å²) in [5.74, 6) is -0.0826. The molecule has 1 aliphatic heterocycles. The van der Waals surface area contributed by atoms with Crippen molar-refractivity contribution in [1.29, 1.82) is 0 Å². The summed E-state index contributed by atoms with van der Waals surface area (Å²) in [7, 11) is 1.38. The van der Waals surface area contributed by atoms with Gasteiger partial charge in [-0.2, -0.15) is 0 Å². The topological polar surface area (TPSA) is 86.0 Å². The van der Waals surface area contributed by atoms with Crippen LogP contribution in [0.25, 0.3) is 22.1 Å². The molecule has 1 fully saturated rings. The third kappa shape index (κ3) is 4.45. The number of esters is 1. The molecule has 1 aliphatic rings. The minimum atomic E-state index is -0.226. The van der Waals surface area contributed by atoms with Crippen LogP contribution < -0.4 is 10.2 Å². The molecule has 0 spiro atoms. The molecule has 1 amide bonds. The molecule has 7 nitrogen and oxygen atoms in total. The van der Waals surface area contributed by atoms with Gasteiger partial charge in [0, 0.05) is 19.2 Å². The molecule has 160 valence electrons. The Morgan fingerprint density at radius 1 is 1.10 bits per heavy atom. The lowest BCUT2D eigenvalue weighted by Gasteiger charge is -2.30. The molecule has 0 bridgehead atoms. The first kappa shape index (κ1) is 20.7. The Morgan fingerprint density at radius 2 is 1.84 bits per heavy atom. The molecule has 31 heavy (non-hydrogen) atoms. The third-order valence-electron chi connectivity index (χ3n) is 5.58. The largest absolute Gasteiger partial charge is 0.484 e. The molecule has 0 unspecified atom stereocenters. The number of nitrogens with zero attached hydrogens (tertiary/aromatic N) is 1. The van der Waals surface area contributed by atoms with Crippen LogP contribution in [0.4, 0.5) is 0 Å². The SMILES string of the molecule is COC(=O)C1CCN(C(=O)COc2ccc3c(=O)c(-c4ccccc4)coc3c2)CC1. The van der Waals surface area contributed by atoms with Crippen molar-refractivity contribution in [3.8, 4) is 16.9 Å². The first-order chi connectivity index (χ1) is 15.1. The van der Waals surface area contributed by atoms with Crippen LogP contribution in [0.1, 0.15) is 12.8 Å². The van der Waals surface area contributed by atoms with Crippen LogP contribution in [0.3, 0.4) is 0 Å². The van der Waals surface area contributed by atoms with Crippen molar-refractivity contribution in [2.45, 2.75) is 12.8 Å². The Bertz CT molecular complexity index is 1150. The van der Waals surface area contributed by atoms with Crippen molar-refractivity contribution in [3.05, 3.63) is 65.0 Å². The van der Waals surface area contributed by atoms with E-state index in [0.29, 0.717) is 48.2 Å².